The third-order valence-electron chi connectivity index (χ3n) is 2.75. The molecule has 86 valence electrons. The van der Waals surface area contributed by atoms with Crippen molar-refractivity contribution in [1.29, 1.82) is 0 Å². The van der Waals surface area contributed by atoms with E-state index in [4.69, 9.17) is 9.47 Å². The fourth-order valence-corrected chi connectivity index (χ4v) is 1.94. The molecule has 16 heavy (non-hydrogen) atoms. The summed E-state index contributed by atoms with van der Waals surface area (Å²) in [5.74, 6) is 0.195. The first kappa shape index (κ1) is 11.1. The second-order valence-electron chi connectivity index (χ2n) is 3.85. The number of halogens is 1. The highest BCUT2D eigenvalue weighted by Crippen LogP contribution is 2.34. The molecule has 0 saturated carbocycles. The van der Waals surface area contributed by atoms with Gasteiger partial charge < -0.3 is 14.3 Å². The van der Waals surface area contributed by atoms with Crippen LogP contribution in [0.3, 0.4) is 0 Å². The smallest absolute Gasteiger partial charge is 0.189 e. The van der Waals surface area contributed by atoms with Gasteiger partial charge in [0.2, 0.25) is 0 Å². The van der Waals surface area contributed by atoms with E-state index in [0.717, 1.165) is 11.8 Å². The largest absolute Gasteiger partial charge is 0.467 e. The molecule has 1 aromatic rings. The number of benzene rings is 1. The third kappa shape index (κ3) is 1.93. The summed E-state index contributed by atoms with van der Waals surface area (Å²) in [6, 6.07) is 2.98. The maximum absolute atomic E-state index is 13.7. The molecule has 0 amide bonds. The second-order valence-corrected chi connectivity index (χ2v) is 3.85. The van der Waals surface area contributed by atoms with Gasteiger partial charge in [0.15, 0.2) is 6.79 Å². The van der Waals surface area contributed by atoms with Gasteiger partial charge in [0.05, 0.1) is 6.61 Å². The Morgan fingerprint density at radius 2 is 2.38 bits per heavy atom. The highest BCUT2D eigenvalue weighted by Gasteiger charge is 2.21. The SMILES string of the molecule is CC(CC=O)c1c(F)ccc2c1COCO2. The van der Waals surface area contributed by atoms with Gasteiger partial charge in [-0.25, -0.2) is 4.39 Å². The Morgan fingerprint density at radius 3 is 3.12 bits per heavy atom. The lowest BCUT2D eigenvalue weighted by molar-refractivity contribution is -0.108. The zero-order valence-electron chi connectivity index (χ0n) is 9.03. The zero-order valence-corrected chi connectivity index (χ0v) is 9.03. The number of carbonyl (C=O) groups is 1. The molecule has 1 heterocycles. The van der Waals surface area contributed by atoms with Gasteiger partial charge in [-0.3, -0.25) is 0 Å². The van der Waals surface area contributed by atoms with Crippen LogP contribution in [0.5, 0.6) is 5.75 Å². The fourth-order valence-electron chi connectivity index (χ4n) is 1.94. The van der Waals surface area contributed by atoms with Crippen LogP contribution < -0.4 is 4.74 Å². The Balaban J connectivity index is 2.44. The number of hydrogen-bond donors (Lipinski definition) is 0. The van der Waals surface area contributed by atoms with Gasteiger partial charge in [-0.15, -0.1) is 0 Å². The summed E-state index contributed by atoms with van der Waals surface area (Å²) in [4.78, 5) is 10.5. The monoisotopic (exact) mass is 224 g/mol. The van der Waals surface area contributed by atoms with E-state index in [2.05, 4.69) is 0 Å². The normalized spacial score (nSPS) is 16.1. The van der Waals surface area contributed by atoms with E-state index in [1.54, 1.807) is 6.07 Å². The van der Waals surface area contributed by atoms with Crippen molar-refractivity contribution in [2.75, 3.05) is 6.79 Å². The summed E-state index contributed by atoms with van der Waals surface area (Å²) in [6.07, 6.45) is 1.10. The van der Waals surface area contributed by atoms with Gasteiger partial charge in [-0.05, 0) is 18.1 Å². The van der Waals surface area contributed by atoms with Crippen LogP contribution in [0.4, 0.5) is 4.39 Å². The minimum Gasteiger partial charge on any atom is -0.467 e. The molecular weight excluding hydrogens is 211 g/mol. The lowest BCUT2D eigenvalue weighted by Gasteiger charge is -2.23. The van der Waals surface area contributed by atoms with Crippen LogP contribution in [-0.2, 0) is 16.1 Å². The number of fused-ring (bicyclic) bond motifs is 1. The van der Waals surface area contributed by atoms with Crippen LogP contribution in [0.1, 0.15) is 30.4 Å². The number of carbonyl (C=O) groups excluding carboxylic acids is 1. The van der Waals surface area contributed by atoms with E-state index >= 15 is 0 Å². The van der Waals surface area contributed by atoms with Crippen LogP contribution in [0.25, 0.3) is 0 Å². The van der Waals surface area contributed by atoms with E-state index < -0.39 is 0 Å². The molecule has 1 unspecified atom stereocenters. The molecule has 1 aliphatic heterocycles. The minimum absolute atomic E-state index is 0.155. The summed E-state index contributed by atoms with van der Waals surface area (Å²) in [5, 5.41) is 0. The van der Waals surface area contributed by atoms with Crippen molar-refractivity contribution < 1.29 is 18.7 Å². The first-order chi connectivity index (χ1) is 7.74. The molecule has 3 nitrogen and oxygen atoms in total. The molecular formula is C12H13FO3. The van der Waals surface area contributed by atoms with Gasteiger partial charge >= 0.3 is 0 Å². The number of ether oxygens (including phenoxy) is 2. The molecule has 1 aromatic carbocycles. The molecule has 1 aliphatic rings. The molecule has 0 aromatic heterocycles. The molecule has 4 heteroatoms. The highest BCUT2D eigenvalue weighted by atomic mass is 19.1. The predicted molar refractivity (Wildman–Crippen MR) is 55.8 cm³/mol. The van der Waals surface area contributed by atoms with Gasteiger partial charge in [-0.2, -0.15) is 0 Å². The van der Waals surface area contributed by atoms with Crippen molar-refractivity contribution in [2.24, 2.45) is 0 Å². The Morgan fingerprint density at radius 1 is 1.56 bits per heavy atom. The lowest BCUT2D eigenvalue weighted by Crippen LogP contribution is -2.15. The molecule has 0 radical (unpaired) electrons. The number of rotatable bonds is 3. The van der Waals surface area contributed by atoms with E-state index in [1.807, 2.05) is 6.92 Å². The summed E-state index contributed by atoms with van der Waals surface area (Å²) in [7, 11) is 0. The average Bonchev–Trinajstić information content (AvgIpc) is 2.29. The van der Waals surface area contributed by atoms with E-state index in [1.165, 1.54) is 6.07 Å². The van der Waals surface area contributed by atoms with E-state index in [0.29, 0.717) is 24.3 Å². The molecule has 0 saturated heterocycles. The van der Waals surface area contributed by atoms with Gasteiger partial charge in [0.1, 0.15) is 17.9 Å². The van der Waals surface area contributed by atoms with Gasteiger partial charge in [0, 0.05) is 17.5 Å². The summed E-state index contributed by atoms with van der Waals surface area (Å²) < 4.78 is 24.1. The third-order valence-corrected chi connectivity index (χ3v) is 2.75. The van der Waals surface area contributed by atoms with Crippen LogP contribution in [0.15, 0.2) is 12.1 Å². The number of hydrogen-bond acceptors (Lipinski definition) is 3. The quantitative estimate of drug-likeness (QED) is 0.739. The van der Waals surface area contributed by atoms with Crippen molar-refractivity contribution in [3.8, 4) is 5.75 Å². The highest BCUT2D eigenvalue weighted by molar-refractivity contribution is 5.53. The first-order valence-corrected chi connectivity index (χ1v) is 5.19. The van der Waals surface area contributed by atoms with Crippen molar-refractivity contribution in [3.63, 3.8) is 0 Å². The Kier molecular flexibility index (Phi) is 3.19. The van der Waals surface area contributed by atoms with Crippen molar-refractivity contribution in [3.05, 3.63) is 29.1 Å². The number of aldehydes is 1. The first-order valence-electron chi connectivity index (χ1n) is 5.19. The van der Waals surface area contributed by atoms with Crippen LogP contribution >= 0.6 is 0 Å². The van der Waals surface area contributed by atoms with Crippen molar-refractivity contribution >= 4 is 6.29 Å². The molecule has 1 atom stereocenters. The topological polar surface area (TPSA) is 35.5 Å². The molecule has 0 aliphatic carbocycles. The molecule has 0 spiro atoms. The Labute approximate surface area is 93.2 Å². The molecule has 0 bridgehead atoms. The summed E-state index contributed by atoms with van der Waals surface area (Å²) >= 11 is 0. The Hall–Kier alpha value is -1.42. The maximum Gasteiger partial charge on any atom is 0.189 e. The van der Waals surface area contributed by atoms with Crippen molar-refractivity contribution in [2.45, 2.75) is 25.9 Å². The summed E-state index contributed by atoms with van der Waals surface area (Å²) in [6.45, 7) is 2.35. The van der Waals surface area contributed by atoms with Crippen molar-refractivity contribution in [1.82, 2.24) is 0 Å². The fraction of sp³-hybridized carbons (Fsp3) is 0.417. The maximum atomic E-state index is 13.7. The average molecular weight is 224 g/mol. The molecule has 0 N–H and O–H groups in total. The van der Waals surface area contributed by atoms with Gasteiger partial charge in [-0.1, -0.05) is 6.92 Å². The van der Waals surface area contributed by atoms with Crippen LogP contribution in [0.2, 0.25) is 0 Å². The van der Waals surface area contributed by atoms with E-state index in [-0.39, 0.29) is 18.5 Å². The van der Waals surface area contributed by atoms with Crippen LogP contribution in [-0.4, -0.2) is 13.1 Å². The lowest BCUT2D eigenvalue weighted by atomic mass is 9.92. The van der Waals surface area contributed by atoms with Gasteiger partial charge in [0.25, 0.3) is 0 Å². The molecule has 2 rings (SSSR count). The molecule has 0 fully saturated rings. The van der Waals surface area contributed by atoms with E-state index in [9.17, 15) is 9.18 Å². The Bertz CT molecular complexity index is 403. The summed E-state index contributed by atoms with van der Waals surface area (Å²) in [5.41, 5.74) is 1.25. The zero-order chi connectivity index (χ0) is 11.5. The predicted octanol–water partition coefficient (Wildman–Crippen LogP) is 2.38. The minimum atomic E-state index is -0.304. The second kappa shape index (κ2) is 4.61. The standard InChI is InChI=1S/C12H13FO3/c1-8(4-5-14)12-9-6-15-7-16-11(9)3-2-10(12)13/h2-3,5,8H,4,6-7H2,1H3. The van der Waals surface area contributed by atoms with Crippen LogP contribution in [0, 0.1) is 5.82 Å².